The summed E-state index contributed by atoms with van der Waals surface area (Å²) in [6, 6.07) is 6.00. The summed E-state index contributed by atoms with van der Waals surface area (Å²) >= 11 is 0. The zero-order valence-corrected chi connectivity index (χ0v) is 16.1. The van der Waals surface area contributed by atoms with Gasteiger partial charge in [0.15, 0.2) is 11.6 Å². The molecular weight excluding hydrogens is 366 g/mol. The number of amides is 2. The largest absolute Gasteiger partial charge is 0.368 e. The number of urea groups is 1. The number of nitrogens with zero attached hydrogens (tertiary/aromatic N) is 6. The molecule has 0 aliphatic carbocycles. The molecule has 3 aromatic heterocycles. The van der Waals surface area contributed by atoms with Gasteiger partial charge in [-0.05, 0) is 43.5 Å². The van der Waals surface area contributed by atoms with Crippen LogP contribution in [0.5, 0.6) is 0 Å². The normalized spacial score (nSPS) is 15.8. The number of aromatic nitrogens is 4. The van der Waals surface area contributed by atoms with Gasteiger partial charge in [0.2, 0.25) is 0 Å². The molecule has 0 aromatic carbocycles. The minimum absolute atomic E-state index is 0.0996. The number of aryl methyl sites for hydroxylation is 1. The van der Waals surface area contributed by atoms with Crippen LogP contribution >= 0.6 is 0 Å². The van der Waals surface area contributed by atoms with Crippen molar-refractivity contribution >= 4 is 23.4 Å². The third-order valence-corrected chi connectivity index (χ3v) is 5.44. The van der Waals surface area contributed by atoms with E-state index in [9.17, 15) is 4.79 Å². The molecule has 29 heavy (non-hydrogen) atoms. The third kappa shape index (κ3) is 3.26. The Morgan fingerprint density at radius 2 is 1.97 bits per heavy atom. The van der Waals surface area contributed by atoms with E-state index in [1.807, 2.05) is 19.2 Å². The summed E-state index contributed by atoms with van der Waals surface area (Å²) in [5.41, 5.74) is 3.80. The minimum Gasteiger partial charge on any atom is -0.368 e. The predicted octanol–water partition coefficient (Wildman–Crippen LogP) is 3.26. The van der Waals surface area contributed by atoms with Gasteiger partial charge >= 0.3 is 6.03 Å². The highest BCUT2D eigenvalue weighted by molar-refractivity contribution is 6.03. The fraction of sp³-hybridized carbons (Fsp3) is 0.286. The molecule has 0 saturated carbocycles. The van der Waals surface area contributed by atoms with Crippen molar-refractivity contribution in [2.45, 2.75) is 25.8 Å². The van der Waals surface area contributed by atoms with Crippen molar-refractivity contribution < 1.29 is 4.79 Å². The highest BCUT2D eigenvalue weighted by Crippen LogP contribution is 2.39. The van der Waals surface area contributed by atoms with Gasteiger partial charge in [-0.2, -0.15) is 0 Å². The van der Waals surface area contributed by atoms with Crippen LogP contribution in [0.4, 0.5) is 22.1 Å². The maximum Gasteiger partial charge on any atom is 0.329 e. The van der Waals surface area contributed by atoms with Crippen molar-refractivity contribution in [3.05, 3.63) is 54.7 Å². The maximum atomic E-state index is 13.2. The molecule has 146 valence electrons. The summed E-state index contributed by atoms with van der Waals surface area (Å²) < 4.78 is 0. The van der Waals surface area contributed by atoms with E-state index in [0.717, 1.165) is 48.4 Å². The number of carbonyl (C=O) groups is 1. The van der Waals surface area contributed by atoms with Gasteiger partial charge in [0.05, 0.1) is 17.6 Å². The molecule has 3 aliphatic rings. The Morgan fingerprint density at radius 3 is 2.72 bits per heavy atom. The van der Waals surface area contributed by atoms with Crippen LogP contribution in [0.15, 0.2) is 49.2 Å². The molecule has 6 rings (SSSR count). The van der Waals surface area contributed by atoms with Gasteiger partial charge in [0, 0.05) is 49.5 Å². The van der Waals surface area contributed by atoms with Gasteiger partial charge < -0.3 is 4.90 Å². The first-order valence-electron chi connectivity index (χ1n) is 9.73. The highest BCUT2D eigenvalue weighted by Gasteiger charge is 2.37. The topological polar surface area (TPSA) is 87.1 Å². The number of pyridine rings is 2. The number of hydrogen-bond acceptors (Lipinski definition) is 6. The van der Waals surface area contributed by atoms with Gasteiger partial charge in [-0.25, -0.2) is 14.8 Å². The molecule has 3 aliphatic heterocycles. The quantitative estimate of drug-likeness (QED) is 0.726. The molecule has 3 aromatic rings. The molecule has 8 nitrogen and oxygen atoms in total. The van der Waals surface area contributed by atoms with Crippen molar-refractivity contribution in [3.8, 4) is 11.3 Å². The van der Waals surface area contributed by atoms with Crippen molar-refractivity contribution in [2.75, 3.05) is 28.2 Å². The van der Waals surface area contributed by atoms with Crippen LogP contribution in [0.2, 0.25) is 0 Å². The standard InChI is InChI=1S/C21H21N7O/c1-14-10-15(12-23-11-14)17-2-3-18-20(25-17)28(16-4-8-27(18)9-5-16)21(29)26-19-13-22-6-7-24-19/h2-3,6-7,10-13,16H,4-5,8-9H2,1H3,(H,24,26,29). The number of piperidine rings is 1. The SMILES string of the molecule is Cc1cncc(-c2ccc3c(n2)N(C(=O)Nc2cnccn2)C2CCN3CC2)c1. The molecular formula is C21H21N7O. The Morgan fingerprint density at radius 1 is 1.10 bits per heavy atom. The fourth-order valence-electron chi connectivity index (χ4n) is 4.05. The Hall–Kier alpha value is -3.55. The van der Waals surface area contributed by atoms with E-state index < -0.39 is 0 Å². The number of anilines is 3. The van der Waals surface area contributed by atoms with E-state index in [0.29, 0.717) is 11.6 Å². The Balaban J connectivity index is 1.57. The van der Waals surface area contributed by atoms with Crippen LogP contribution < -0.4 is 15.1 Å². The summed E-state index contributed by atoms with van der Waals surface area (Å²) in [5.74, 6) is 1.11. The van der Waals surface area contributed by atoms with Crippen LogP contribution in [0.3, 0.4) is 0 Å². The summed E-state index contributed by atoms with van der Waals surface area (Å²) in [7, 11) is 0. The van der Waals surface area contributed by atoms with E-state index >= 15 is 0 Å². The Kier molecular flexibility index (Phi) is 4.31. The number of hydrogen-bond donors (Lipinski definition) is 1. The average Bonchev–Trinajstić information content (AvgIpc) is 3.00. The number of fused-ring (bicyclic) bond motifs is 2. The van der Waals surface area contributed by atoms with E-state index in [2.05, 4.69) is 37.3 Å². The third-order valence-electron chi connectivity index (χ3n) is 5.44. The van der Waals surface area contributed by atoms with E-state index in [1.165, 1.54) is 0 Å². The van der Waals surface area contributed by atoms with E-state index in [1.54, 1.807) is 29.7 Å². The molecule has 1 N–H and O–H groups in total. The van der Waals surface area contributed by atoms with Gasteiger partial charge in [-0.15, -0.1) is 0 Å². The summed E-state index contributed by atoms with van der Waals surface area (Å²) in [6.45, 7) is 3.84. The monoisotopic (exact) mass is 387 g/mol. The van der Waals surface area contributed by atoms with Crippen molar-refractivity contribution in [1.29, 1.82) is 0 Å². The minimum atomic E-state index is -0.229. The van der Waals surface area contributed by atoms with Crippen LogP contribution in [0.1, 0.15) is 18.4 Å². The smallest absolute Gasteiger partial charge is 0.329 e. The van der Waals surface area contributed by atoms with Gasteiger partial charge in [0.25, 0.3) is 0 Å². The van der Waals surface area contributed by atoms with Crippen LogP contribution in [-0.4, -0.2) is 45.1 Å². The maximum absolute atomic E-state index is 13.2. The molecule has 6 heterocycles. The van der Waals surface area contributed by atoms with Crippen LogP contribution in [-0.2, 0) is 0 Å². The lowest BCUT2D eigenvalue weighted by molar-refractivity contribution is 0.253. The number of rotatable bonds is 2. The van der Waals surface area contributed by atoms with Crippen molar-refractivity contribution in [3.63, 3.8) is 0 Å². The Labute approximate surface area is 168 Å². The highest BCUT2D eigenvalue weighted by atomic mass is 16.2. The first kappa shape index (κ1) is 17.5. The van der Waals surface area contributed by atoms with Crippen LogP contribution in [0, 0.1) is 6.92 Å². The Bertz CT molecular complexity index is 1050. The lowest BCUT2D eigenvalue weighted by Gasteiger charge is -2.31. The second kappa shape index (κ2) is 7.12. The molecule has 1 fully saturated rings. The molecule has 0 unspecified atom stereocenters. The van der Waals surface area contributed by atoms with Crippen LogP contribution in [0.25, 0.3) is 11.3 Å². The predicted molar refractivity (Wildman–Crippen MR) is 111 cm³/mol. The molecule has 2 bridgehead atoms. The fourth-order valence-corrected chi connectivity index (χ4v) is 4.05. The second-order valence-electron chi connectivity index (χ2n) is 7.40. The zero-order chi connectivity index (χ0) is 19.8. The number of carbonyl (C=O) groups excluding carboxylic acids is 1. The molecule has 1 saturated heterocycles. The summed E-state index contributed by atoms with van der Waals surface area (Å²) in [4.78, 5) is 34.8. The average molecular weight is 387 g/mol. The molecule has 2 amide bonds. The van der Waals surface area contributed by atoms with Gasteiger partial charge in [-0.3, -0.25) is 20.2 Å². The first-order chi connectivity index (χ1) is 14.2. The molecule has 8 heteroatoms. The van der Waals surface area contributed by atoms with Crippen molar-refractivity contribution in [1.82, 2.24) is 19.9 Å². The lowest BCUT2D eigenvalue weighted by atomic mass is 10.1. The molecule has 0 atom stereocenters. The van der Waals surface area contributed by atoms with Gasteiger partial charge in [0.1, 0.15) is 0 Å². The van der Waals surface area contributed by atoms with Crippen molar-refractivity contribution in [2.24, 2.45) is 0 Å². The van der Waals surface area contributed by atoms with E-state index in [4.69, 9.17) is 4.98 Å². The van der Waals surface area contributed by atoms with Gasteiger partial charge in [-0.1, -0.05) is 0 Å². The molecule has 0 radical (unpaired) electrons. The van der Waals surface area contributed by atoms with E-state index in [-0.39, 0.29) is 12.1 Å². The zero-order valence-electron chi connectivity index (χ0n) is 16.1. The summed E-state index contributed by atoms with van der Waals surface area (Å²) in [5, 5.41) is 2.87. The number of nitrogens with one attached hydrogen (secondary N) is 1. The molecule has 0 spiro atoms. The second-order valence-corrected chi connectivity index (χ2v) is 7.40. The summed E-state index contributed by atoms with van der Waals surface area (Å²) in [6.07, 6.45) is 10.1. The first-order valence-corrected chi connectivity index (χ1v) is 9.73. The lowest BCUT2D eigenvalue weighted by Crippen LogP contribution is -2.46.